The first-order chi connectivity index (χ1) is 9.08. The second-order valence-electron chi connectivity index (χ2n) is 3.66. The number of methoxy groups -OCH3 is 1. The highest BCUT2D eigenvalue weighted by Crippen LogP contribution is 2.24. The fraction of sp³-hybridized carbons (Fsp3) is 0.167. The quantitative estimate of drug-likeness (QED) is 0.920. The van der Waals surface area contributed by atoms with Gasteiger partial charge in [0.15, 0.2) is 17.4 Å². The molecule has 2 aromatic rings. The molecule has 0 spiro atoms. The highest BCUT2D eigenvalue weighted by molar-refractivity contribution is 5.36. The Hall–Kier alpha value is -2.28. The van der Waals surface area contributed by atoms with Crippen molar-refractivity contribution in [3.05, 3.63) is 41.7 Å². The first-order valence-corrected chi connectivity index (χ1v) is 5.34. The van der Waals surface area contributed by atoms with Crippen LogP contribution in [0.4, 0.5) is 14.6 Å². The van der Waals surface area contributed by atoms with Gasteiger partial charge in [0.05, 0.1) is 0 Å². The Bertz CT molecular complexity index is 593. The Labute approximate surface area is 108 Å². The molecule has 0 atom stereocenters. The molecule has 0 saturated heterocycles. The SMILES string of the molecule is COCc1nc(N)cc(Oc2cc(F)ccc2F)n1. The van der Waals surface area contributed by atoms with Crippen molar-refractivity contribution in [1.82, 2.24) is 9.97 Å². The summed E-state index contributed by atoms with van der Waals surface area (Å²) in [5.41, 5.74) is 5.56. The molecule has 0 aliphatic carbocycles. The number of ether oxygens (including phenoxy) is 2. The summed E-state index contributed by atoms with van der Waals surface area (Å²) in [5.74, 6) is -1.14. The summed E-state index contributed by atoms with van der Waals surface area (Å²) < 4.78 is 36.4. The van der Waals surface area contributed by atoms with Crippen LogP contribution in [0.5, 0.6) is 11.6 Å². The smallest absolute Gasteiger partial charge is 0.224 e. The lowest BCUT2D eigenvalue weighted by molar-refractivity contribution is 0.177. The van der Waals surface area contributed by atoms with Crippen LogP contribution in [0.3, 0.4) is 0 Å². The molecule has 2 N–H and O–H groups in total. The summed E-state index contributed by atoms with van der Waals surface area (Å²) in [4.78, 5) is 7.86. The summed E-state index contributed by atoms with van der Waals surface area (Å²) in [6.45, 7) is 0.132. The molecule has 0 radical (unpaired) electrons. The molecule has 2 rings (SSSR count). The number of rotatable bonds is 4. The summed E-state index contributed by atoms with van der Waals surface area (Å²) in [6, 6.07) is 4.19. The molecule has 0 saturated carbocycles. The molecule has 0 aliphatic rings. The predicted octanol–water partition coefficient (Wildman–Crippen LogP) is 2.28. The van der Waals surface area contributed by atoms with Gasteiger partial charge in [-0.15, -0.1) is 0 Å². The van der Waals surface area contributed by atoms with Gasteiger partial charge in [-0.05, 0) is 12.1 Å². The van der Waals surface area contributed by atoms with Gasteiger partial charge < -0.3 is 15.2 Å². The van der Waals surface area contributed by atoms with Crippen LogP contribution in [-0.4, -0.2) is 17.1 Å². The third kappa shape index (κ3) is 3.35. The second-order valence-corrected chi connectivity index (χ2v) is 3.66. The second kappa shape index (κ2) is 5.57. The molecule has 1 aromatic carbocycles. The van der Waals surface area contributed by atoms with Crippen LogP contribution in [-0.2, 0) is 11.3 Å². The molecule has 1 heterocycles. The highest BCUT2D eigenvalue weighted by atomic mass is 19.1. The van der Waals surface area contributed by atoms with Crippen molar-refractivity contribution < 1.29 is 18.3 Å². The van der Waals surface area contributed by atoms with Crippen molar-refractivity contribution in [2.45, 2.75) is 6.61 Å². The normalized spacial score (nSPS) is 10.5. The van der Waals surface area contributed by atoms with Crippen LogP contribution in [0.15, 0.2) is 24.3 Å². The maximum Gasteiger partial charge on any atom is 0.224 e. The number of aromatic nitrogens is 2. The molecule has 0 fully saturated rings. The van der Waals surface area contributed by atoms with Crippen molar-refractivity contribution >= 4 is 5.82 Å². The third-order valence-corrected chi connectivity index (χ3v) is 2.15. The highest BCUT2D eigenvalue weighted by Gasteiger charge is 2.09. The summed E-state index contributed by atoms with van der Waals surface area (Å²) in [5, 5.41) is 0. The Morgan fingerprint density at radius 1 is 1.21 bits per heavy atom. The van der Waals surface area contributed by atoms with E-state index in [0.29, 0.717) is 0 Å². The van der Waals surface area contributed by atoms with Crippen molar-refractivity contribution in [2.24, 2.45) is 0 Å². The van der Waals surface area contributed by atoms with Crippen LogP contribution in [0.1, 0.15) is 5.82 Å². The van der Waals surface area contributed by atoms with E-state index >= 15 is 0 Å². The molecule has 7 heteroatoms. The first-order valence-electron chi connectivity index (χ1n) is 5.34. The number of anilines is 1. The molecule has 100 valence electrons. The van der Waals surface area contributed by atoms with E-state index < -0.39 is 11.6 Å². The van der Waals surface area contributed by atoms with Crippen LogP contribution < -0.4 is 10.5 Å². The minimum atomic E-state index is -0.702. The van der Waals surface area contributed by atoms with Crippen molar-refractivity contribution in [1.29, 1.82) is 0 Å². The number of hydrogen-bond acceptors (Lipinski definition) is 5. The van der Waals surface area contributed by atoms with Crippen molar-refractivity contribution in [3.8, 4) is 11.6 Å². The third-order valence-electron chi connectivity index (χ3n) is 2.15. The van der Waals surface area contributed by atoms with Crippen LogP contribution in [0.25, 0.3) is 0 Å². The van der Waals surface area contributed by atoms with Crippen LogP contribution in [0, 0.1) is 11.6 Å². The molecule has 0 amide bonds. The van der Waals surface area contributed by atoms with Crippen LogP contribution >= 0.6 is 0 Å². The van der Waals surface area contributed by atoms with E-state index in [1.54, 1.807) is 0 Å². The van der Waals surface area contributed by atoms with Crippen molar-refractivity contribution in [3.63, 3.8) is 0 Å². The lowest BCUT2D eigenvalue weighted by Gasteiger charge is -2.08. The van der Waals surface area contributed by atoms with E-state index in [2.05, 4.69) is 9.97 Å². The van der Waals surface area contributed by atoms with Gasteiger partial charge in [-0.3, -0.25) is 0 Å². The van der Waals surface area contributed by atoms with Crippen LogP contribution in [0.2, 0.25) is 0 Å². The fourth-order valence-corrected chi connectivity index (χ4v) is 1.41. The van der Waals surface area contributed by atoms with Gasteiger partial charge in [0, 0.05) is 19.2 Å². The maximum absolute atomic E-state index is 13.4. The largest absolute Gasteiger partial charge is 0.436 e. The standard InChI is InChI=1S/C12H11F2N3O2/c1-18-6-11-16-10(15)5-12(17-11)19-9-4-7(13)2-3-8(9)14/h2-5H,6H2,1H3,(H2,15,16,17). The van der Waals surface area contributed by atoms with Gasteiger partial charge in [0.25, 0.3) is 0 Å². The molecule has 0 aliphatic heterocycles. The minimum Gasteiger partial charge on any atom is -0.436 e. The molecule has 1 aromatic heterocycles. The van der Waals surface area contributed by atoms with Gasteiger partial charge in [-0.1, -0.05) is 0 Å². The Morgan fingerprint density at radius 2 is 2.00 bits per heavy atom. The zero-order chi connectivity index (χ0) is 13.8. The zero-order valence-electron chi connectivity index (χ0n) is 10.1. The molecule has 19 heavy (non-hydrogen) atoms. The lowest BCUT2D eigenvalue weighted by Crippen LogP contribution is -2.03. The lowest BCUT2D eigenvalue weighted by atomic mass is 10.3. The Balaban J connectivity index is 2.29. The predicted molar refractivity (Wildman–Crippen MR) is 63.6 cm³/mol. The Morgan fingerprint density at radius 3 is 2.74 bits per heavy atom. The average molecular weight is 267 g/mol. The minimum absolute atomic E-state index is 0.0176. The van der Waals surface area contributed by atoms with E-state index in [1.165, 1.54) is 13.2 Å². The zero-order valence-corrected chi connectivity index (χ0v) is 10.1. The fourth-order valence-electron chi connectivity index (χ4n) is 1.41. The monoisotopic (exact) mass is 267 g/mol. The average Bonchev–Trinajstić information content (AvgIpc) is 2.33. The number of nitrogens with zero attached hydrogens (tertiary/aromatic N) is 2. The van der Waals surface area contributed by atoms with E-state index in [4.69, 9.17) is 15.2 Å². The van der Waals surface area contributed by atoms with E-state index in [0.717, 1.165) is 18.2 Å². The van der Waals surface area contributed by atoms with E-state index in [9.17, 15) is 8.78 Å². The molecular weight excluding hydrogens is 256 g/mol. The molecular formula is C12H11F2N3O2. The number of nitrogens with two attached hydrogens (primary N) is 1. The van der Waals surface area contributed by atoms with Gasteiger partial charge in [-0.2, -0.15) is 4.98 Å². The van der Waals surface area contributed by atoms with Gasteiger partial charge in [-0.25, -0.2) is 13.8 Å². The number of hydrogen-bond donors (Lipinski definition) is 1. The summed E-state index contributed by atoms with van der Waals surface area (Å²) in [6.07, 6.45) is 0. The summed E-state index contributed by atoms with van der Waals surface area (Å²) in [7, 11) is 1.47. The Kier molecular flexibility index (Phi) is 3.86. The van der Waals surface area contributed by atoms with Gasteiger partial charge in [0.2, 0.25) is 5.88 Å². The molecule has 0 unspecified atom stereocenters. The van der Waals surface area contributed by atoms with E-state index in [1.807, 2.05) is 0 Å². The summed E-state index contributed by atoms with van der Waals surface area (Å²) >= 11 is 0. The van der Waals surface area contributed by atoms with Gasteiger partial charge in [0.1, 0.15) is 18.2 Å². The topological polar surface area (TPSA) is 70.3 Å². The van der Waals surface area contributed by atoms with E-state index in [-0.39, 0.29) is 29.9 Å². The number of benzene rings is 1. The van der Waals surface area contributed by atoms with Gasteiger partial charge >= 0.3 is 0 Å². The maximum atomic E-state index is 13.4. The molecule has 0 bridgehead atoms. The number of nitrogen functional groups attached to an aromatic ring is 1. The first kappa shape index (κ1) is 13.2. The number of halogens is 2. The van der Waals surface area contributed by atoms with Crippen molar-refractivity contribution in [2.75, 3.05) is 12.8 Å². The molecule has 5 nitrogen and oxygen atoms in total.